The highest BCUT2D eigenvalue weighted by Crippen LogP contribution is 2.37. The summed E-state index contributed by atoms with van der Waals surface area (Å²) in [6, 6.07) is 22.2. The Kier molecular flexibility index (Phi) is 8.40. The summed E-state index contributed by atoms with van der Waals surface area (Å²) in [6.07, 6.45) is 2.27. The molecule has 6 nitrogen and oxygen atoms in total. The predicted octanol–water partition coefficient (Wildman–Crippen LogP) is 5.45. The lowest BCUT2D eigenvalue weighted by Crippen LogP contribution is -2.38. The van der Waals surface area contributed by atoms with E-state index in [2.05, 4.69) is 45.0 Å². The van der Waals surface area contributed by atoms with Crippen LogP contribution >= 0.6 is 0 Å². The van der Waals surface area contributed by atoms with Crippen molar-refractivity contribution in [3.05, 3.63) is 94.5 Å². The number of methoxy groups -OCH3 is 1. The van der Waals surface area contributed by atoms with Gasteiger partial charge in [0, 0.05) is 19.4 Å². The fourth-order valence-corrected chi connectivity index (χ4v) is 5.03. The highest BCUT2D eigenvalue weighted by Gasteiger charge is 2.35. The molecule has 1 N–H and O–H groups in total. The first-order valence-electron chi connectivity index (χ1n) is 13.2. The van der Waals surface area contributed by atoms with E-state index in [4.69, 9.17) is 9.47 Å². The van der Waals surface area contributed by atoms with Crippen molar-refractivity contribution in [1.82, 2.24) is 4.90 Å². The van der Waals surface area contributed by atoms with Crippen LogP contribution in [0.15, 0.2) is 66.7 Å². The zero-order valence-corrected chi connectivity index (χ0v) is 22.7. The maximum Gasteiger partial charge on any atom is 0.323 e. The summed E-state index contributed by atoms with van der Waals surface area (Å²) >= 11 is 0. The van der Waals surface area contributed by atoms with Gasteiger partial charge in [0.05, 0.1) is 13.5 Å². The molecule has 0 bridgehead atoms. The predicted molar refractivity (Wildman–Crippen MR) is 148 cm³/mol. The molecule has 4 rings (SSSR count). The van der Waals surface area contributed by atoms with Gasteiger partial charge in [0.25, 0.3) is 0 Å². The first-order chi connectivity index (χ1) is 18.1. The molecule has 3 aromatic rings. The van der Waals surface area contributed by atoms with Crippen molar-refractivity contribution >= 4 is 11.9 Å². The number of aliphatic carboxylic acids is 1. The van der Waals surface area contributed by atoms with Crippen LogP contribution in [0.5, 0.6) is 11.5 Å². The van der Waals surface area contributed by atoms with Crippen LogP contribution in [-0.2, 0) is 35.3 Å². The number of rotatable bonds is 11. The van der Waals surface area contributed by atoms with Gasteiger partial charge in [-0.05, 0) is 65.3 Å². The van der Waals surface area contributed by atoms with Crippen molar-refractivity contribution in [3.8, 4) is 11.5 Å². The van der Waals surface area contributed by atoms with Crippen LogP contribution in [0, 0.1) is 0 Å². The van der Waals surface area contributed by atoms with Crippen molar-refractivity contribution in [2.45, 2.75) is 58.0 Å². The fraction of sp³-hybridized carbons (Fsp3) is 0.375. The monoisotopic (exact) mass is 515 g/mol. The number of carbonyl (C=O) groups is 2. The van der Waals surface area contributed by atoms with Crippen molar-refractivity contribution in [2.24, 2.45) is 0 Å². The lowest BCUT2D eigenvalue weighted by molar-refractivity contribution is -0.144. The third-order valence-corrected chi connectivity index (χ3v) is 7.13. The number of carbonyl (C=O) groups excluding carboxylic acids is 1. The Hall–Kier alpha value is -3.80. The van der Waals surface area contributed by atoms with Gasteiger partial charge in [0.15, 0.2) is 0 Å². The minimum atomic E-state index is -1.02. The van der Waals surface area contributed by atoms with E-state index in [1.54, 1.807) is 7.11 Å². The Bertz CT molecular complexity index is 1270. The van der Waals surface area contributed by atoms with Gasteiger partial charge in [-0.15, -0.1) is 0 Å². The Morgan fingerprint density at radius 3 is 2.29 bits per heavy atom. The SMILES string of the molecule is COc1ccc(CCN(CC(=O)O)C(=O)Cc2ccc3c(c2)C[C@](C)(Cc2ccc(C(C)C)cc2)O3)cc1. The van der Waals surface area contributed by atoms with Crippen LogP contribution in [0.1, 0.15) is 54.5 Å². The molecule has 0 aromatic heterocycles. The summed E-state index contributed by atoms with van der Waals surface area (Å²) in [5.74, 6) is 0.888. The molecule has 1 amide bonds. The maximum absolute atomic E-state index is 13.1. The zero-order chi connectivity index (χ0) is 27.3. The zero-order valence-electron chi connectivity index (χ0n) is 22.7. The molecule has 6 heteroatoms. The summed E-state index contributed by atoms with van der Waals surface area (Å²) in [5.41, 5.74) is 5.17. The number of fused-ring (bicyclic) bond motifs is 1. The molecule has 200 valence electrons. The average Bonchev–Trinajstić information content (AvgIpc) is 3.21. The Morgan fingerprint density at radius 1 is 1.00 bits per heavy atom. The number of hydrogen-bond donors (Lipinski definition) is 1. The molecule has 0 saturated heterocycles. The second-order valence-electron chi connectivity index (χ2n) is 10.7. The standard InChI is InChI=1S/C32H37NO5/c1-22(2)26-10-5-24(6-11-26)19-32(3)20-27-17-25(9-14-29(27)38-32)18-30(34)33(21-31(35)36)16-15-23-7-12-28(37-4)13-8-23/h5-14,17,22H,15-16,18-21H2,1-4H3,(H,35,36)/t32-/m0/s1. The van der Waals surface area contributed by atoms with Crippen LogP contribution in [0.4, 0.5) is 0 Å². The first-order valence-corrected chi connectivity index (χ1v) is 13.2. The normalized spacial score (nSPS) is 16.1. The van der Waals surface area contributed by atoms with Crippen molar-refractivity contribution < 1.29 is 24.2 Å². The van der Waals surface area contributed by atoms with Gasteiger partial charge >= 0.3 is 5.97 Å². The summed E-state index contributed by atoms with van der Waals surface area (Å²) in [6.45, 7) is 6.52. The fourth-order valence-electron chi connectivity index (χ4n) is 5.03. The number of hydrogen-bond acceptors (Lipinski definition) is 4. The third kappa shape index (κ3) is 6.94. The van der Waals surface area contributed by atoms with Gasteiger partial charge in [0.2, 0.25) is 5.91 Å². The third-order valence-electron chi connectivity index (χ3n) is 7.13. The first kappa shape index (κ1) is 27.2. The molecule has 1 heterocycles. The highest BCUT2D eigenvalue weighted by atomic mass is 16.5. The summed E-state index contributed by atoms with van der Waals surface area (Å²) in [7, 11) is 1.61. The smallest absolute Gasteiger partial charge is 0.323 e. The molecule has 38 heavy (non-hydrogen) atoms. The second kappa shape index (κ2) is 11.7. The number of amides is 1. The molecule has 0 aliphatic carbocycles. The molecule has 1 aliphatic heterocycles. The summed E-state index contributed by atoms with van der Waals surface area (Å²) in [4.78, 5) is 26.0. The van der Waals surface area contributed by atoms with Gasteiger partial charge in [-0.2, -0.15) is 0 Å². The van der Waals surface area contributed by atoms with Gasteiger partial charge in [-0.25, -0.2) is 0 Å². The lowest BCUT2D eigenvalue weighted by Gasteiger charge is -2.24. The van der Waals surface area contributed by atoms with Crippen LogP contribution < -0.4 is 9.47 Å². The molecule has 0 radical (unpaired) electrons. The van der Waals surface area contributed by atoms with E-state index in [1.165, 1.54) is 16.0 Å². The molecule has 1 atom stereocenters. The van der Waals surface area contributed by atoms with Crippen molar-refractivity contribution in [3.63, 3.8) is 0 Å². The van der Waals surface area contributed by atoms with Crippen LogP contribution in [0.2, 0.25) is 0 Å². The summed E-state index contributed by atoms with van der Waals surface area (Å²) < 4.78 is 11.5. The molecular formula is C32H37NO5. The molecular weight excluding hydrogens is 478 g/mol. The average molecular weight is 516 g/mol. The molecule has 0 fully saturated rings. The van der Waals surface area contributed by atoms with E-state index >= 15 is 0 Å². The Balaban J connectivity index is 1.39. The van der Waals surface area contributed by atoms with E-state index in [-0.39, 0.29) is 24.5 Å². The number of carboxylic acids is 1. The van der Waals surface area contributed by atoms with Crippen molar-refractivity contribution in [2.75, 3.05) is 20.2 Å². The topological polar surface area (TPSA) is 76.1 Å². The maximum atomic E-state index is 13.1. The van der Waals surface area contributed by atoms with E-state index in [1.807, 2.05) is 42.5 Å². The van der Waals surface area contributed by atoms with Crippen LogP contribution in [0.3, 0.4) is 0 Å². The number of benzene rings is 3. The second-order valence-corrected chi connectivity index (χ2v) is 10.7. The van der Waals surface area contributed by atoms with Gasteiger partial charge in [0.1, 0.15) is 23.6 Å². The van der Waals surface area contributed by atoms with E-state index in [0.29, 0.717) is 18.9 Å². The largest absolute Gasteiger partial charge is 0.497 e. The molecule has 0 spiro atoms. The van der Waals surface area contributed by atoms with E-state index in [9.17, 15) is 14.7 Å². The van der Waals surface area contributed by atoms with Crippen molar-refractivity contribution in [1.29, 1.82) is 0 Å². The number of carboxylic acid groups (broad SMARTS) is 1. The van der Waals surface area contributed by atoms with Crippen LogP contribution in [0.25, 0.3) is 0 Å². The quantitative estimate of drug-likeness (QED) is 0.367. The minimum Gasteiger partial charge on any atom is -0.497 e. The molecule has 1 aliphatic rings. The summed E-state index contributed by atoms with van der Waals surface area (Å²) in [5, 5.41) is 9.39. The van der Waals surface area contributed by atoms with E-state index < -0.39 is 5.97 Å². The molecule has 3 aromatic carbocycles. The Morgan fingerprint density at radius 2 is 1.66 bits per heavy atom. The van der Waals surface area contributed by atoms with Gasteiger partial charge in [-0.3, -0.25) is 9.59 Å². The highest BCUT2D eigenvalue weighted by molar-refractivity contribution is 5.83. The number of ether oxygens (including phenoxy) is 2. The van der Waals surface area contributed by atoms with Crippen LogP contribution in [-0.4, -0.2) is 47.7 Å². The number of nitrogens with zero attached hydrogens (tertiary/aromatic N) is 1. The lowest BCUT2D eigenvalue weighted by atomic mass is 9.90. The van der Waals surface area contributed by atoms with Gasteiger partial charge in [-0.1, -0.05) is 62.4 Å². The minimum absolute atomic E-state index is 0.149. The van der Waals surface area contributed by atoms with E-state index in [0.717, 1.165) is 41.0 Å². The molecule has 0 unspecified atom stereocenters. The molecule has 0 saturated carbocycles. The Labute approximate surface area is 225 Å². The van der Waals surface area contributed by atoms with Gasteiger partial charge < -0.3 is 19.5 Å².